The summed E-state index contributed by atoms with van der Waals surface area (Å²) in [5, 5.41) is 2.77. The molecule has 104 valence electrons. The number of ether oxygens (including phenoxy) is 1. The second-order valence-corrected chi connectivity index (χ2v) is 5.36. The first-order valence-electron chi connectivity index (χ1n) is 5.93. The Balaban J connectivity index is 2.66. The highest BCUT2D eigenvalue weighted by Gasteiger charge is 2.16. The van der Waals surface area contributed by atoms with Gasteiger partial charge in [0, 0.05) is 11.5 Å². The zero-order valence-corrected chi connectivity index (χ0v) is 13.0. The zero-order chi connectivity index (χ0) is 14.4. The molecule has 19 heavy (non-hydrogen) atoms. The van der Waals surface area contributed by atoms with E-state index in [1.165, 1.54) is 0 Å². The average molecular weight is 327 g/mol. The predicted molar refractivity (Wildman–Crippen MR) is 80.6 cm³/mol. The maximum atomic E-state index is 11.9. The van der Waals surface area contributed by atoms with Crippen LogP contribution in [0.2, 0.25) is 0 Å². The van der Waals surface area contributed by atoms with E-state index < -0.39 is 0 Å². The molecule has 1 unspecified atom stereocenters. The van der Waals surface area contributed by atoms with Crippen LogP contribution < -0.4 is 10.1 Å². The third-order valence-corrected chi connectivity index (χ3v) is 3.21. The predicted octanol–water partition coefficient (Wildman–Crippen LogP) is 3.31. The lowest BCUT2D eigenvalue weighted by atomic mass is 10.1. The van der Waals surface area contributed by atoms with Gasteiger partial charge < -0.3 is 15.0 Å². The van der Waals surface area contributed by atoms with Crippen LogP contribution in [0, 0.1) is 0 Å². The number of carbonyl (C=O) groups is 1. The first kappa shape index (κ1) is 15.6. The van der Waals surface area contributed by atoms with Gasteiger partial charge in [0.1, 0.15) is 5.75 Å². The summed E-state index contributed by atoms with van der Waals surface area (Å²) in [4.78, 5) is 13.6. The summed E-state index contributed by atoms with van der Waals surface area (Å²) in [6, 6.07) is 7.53. The third-order valence-electron chi connectivity index (χ3n) is 2.93. The molecule has 0 spiro atoms. The number of methoxy groups -OCH3 is 1. The van der Waals surface area contributed by atoms with Crippen LogP contribution in [0.15, 0.2) is 35.3 Å². The molecule has 0 fully saturated rings. The Morgan fingerprint density at radius 3 is 2.53 bits per heavy atom. The molecule has 1 atom stereocenters. The van der Waals surface area contributed by atoms with Crippen molar-refractivity contribution in [2.45, 2.75) is 13.0 Å². The van der Waals surface area contributed by atoms with Crippen LogP contribution in [0.5, 0.6) is 5.75 Å². The smallest absolute Gasteiger partial charge is 0.317 e. The highest BCUT2D eigenvalue weighted by Crippen LogP contribution is 2.21. The number of nitrogens with one attached hydrogen (secondary N) is 1. The van der Waals surface area contributed by atoms with E-state index in [1.807, 2.05) is 31.2 Å². The topological polar surface area (TPSA) is 41.6 Å². The number of amides is 2. The van der Waals surface area contributed by atoms with Crippen LogP contribution in [0.3, 0.4) is 0 Å². The van der Waals surface area contributed by atoms with Gasteiger partial charge in [0.25, 0.3) is 0 Å². The number of hydrogen-bond donors (Lipinski definition) is 1. The van der Waals surface area contributed by atoms with Crippen LogP contribution >= 0.6 is 15.9 Å². The molecule has 0 aromatic heterocycles. The molecule has 1 N–H and O–H groups in total. The van der Waals surface area contributed by atoms with Crippen molar-refractivity contribution in [3.05, 3.63) is 40.9 Å². The fraction of sp³-hybridized carbons (Fsp3) is 0.357. The number of urea groups is 1. The third kappa shape index (κ3) is 4.59. The molecule has 0 saturated heterocycles. The van der Waals surface area contributed by atoms with Crippen LogP contribution in [0.25, 0.3) is 0 Å². The molecule has 0 heterocycles. The normalized spacial score (nSPS) is 11.6. The Labute approximate surface area is 122 Å². The van der Waals surface area contributed by atoms with Crippen LogP contribution in [-0.4, -0.2) is 31.6 Å². The lowest BCUT2D eigenvalue weighted by Crippen LogP contribution is -2.39. The zero-order valence-electron chi connectivity index (χ0n) is 11.4. The fourth-order valence-electron chi connectivity index (χ4n) is 1.58. The quantitative estimate of drug-likeness (QED) is 0.901. The molecule has 1 aromatic carbocycles. The molecule has 1 rings (SSSR count). The second kappa shape index (κ2) is 7.19. The lowest BCUT2D eigenvalue weighted by Gasteiger charge is -2.25. The first-order chi connectivity index (χ1) is 8.95. The van der Waals surface area contributed by atoms with Gasteiger partial charge >= 0.3 is 6.03 Å². The maximum Gasteiger partial charge on any atom is 0.317 e. The molecule has 2 amide bonds. The molecular weight excluding hydrogens is 308 g/mol. The van der Waals surface area contributed by atoms with E-state index in [-0.39, 0.29) is 12.1 Å². The second-order valence-electron chi connectivity index (χ2n) is 4.24. The fourth-order valence-corrected chi connectivity index (χ4v) is 1.72. The summed E-state index contributed by atoms with van der Waals surface area (Å²) in [5.41, 5.74) is 1.05. The van der Waals surface area contributed by atoms with Gasteiger partial charge in [0.15, 0.2) is 0 Å². The van der Waals surface area contributed by atoms with E-state index in [0.717, 1.165) is 15.8 Å². The molecule has 0 aliphatic rings. The number of rotatable bonds is 5. The first-order valence-corrected chi connectivity index (χ1v) is 6.73. The van der Waals surface area contributed by atoms with Gasteiger partial charge in [0.2, 0.25) is 0 Å². The van der Waals surface area contributed by atoms with Gasteiger partial charge in [-0.3, -0.25) is 0 Å². The van der Waals surface area contributed by atoms with Crippen molar-refractivity contribution in [3.63, 3.8) is 0 Å². The van der Waals surface area contributed by atoms with Gasteiger partial charge in [-0.1, -0.05) is 34.6 Å². The number of nitrogens with zero attached hydrogens (tertiary/aromatic N) is 1. The van der Waals surface area contributed by atoms with Crippen molar-refractivity contribution in [1.29, 1.82) is 0 Å². The Morgan fingerprint density at radius 1 is 1.47 bits per heavy atom. The summed E-state index contributed by atoms with van der Waals surface area (Å²) in [6.45, 7) is 6.07. The highest BCUT2D eigenvalue weighted by molar-refractivity contribution is 9.11. The monoisotopic (exact) mass is 326 g/mol. The summed E-state index contributed by atoms with van der Waals surface area (Å²) < 4.78 is 5.86. The van der Waals surface area contributed by atoms with Crippen molar-refractivity contribution < 1.29 is 9.53 Å². The standard InChI is InChI=1S/C14H19BrN2O2/c1-10(15)9-16-14(18)17(3)11(2)12-5-7-13(19-4)8-6-12/h5-8,11H,1,9H2,2-4H3,(H,16,18). The van der Waals surface area contributed by atoms with Gasteiger partial charge in [0.05, 0.1) is 19.7 Å². The highest BCUT2D eigenvalue weighted by atomic mass is 79.9. The van der Waals surface area contributed by atoms with Crippen molar-refractivity contribution in [2.75, 3.05) is 20.7 Å². The minimum atomic E-state index is -0.135. The summed E-state index contributed by atoms with van der Waals surface area (Å²) >= 11 is 3.21. The molecule has 0 aliphatic heterocycles. The molecule has 4 nitrogen and oxygen atoms in total. The van der Waals surface area contributed by atoms with Crippen molar-refractivity contribution in [1.82, 2.24) is 10.2 Å². The molecule has 1 aromatic rings. The lowest BCUT2D eigenvalue weighted by molar-refractivity contribution is 0.195. The maximum absolute atomic E-state index is 11.9. The number of carbonyl (C=O) groups excluding carboxylic acids is 1. The SMILES string of the molecule is C=C(Br)CNC(=O)N(C)C(C)c1ccc(OC)cc1. The summed E-state index contributed by atoms with van der Waals surface area (Å²) in [7, 11) is 3.40. The average Bonchev–Trinajstić information content (AvgIpc) is 2.43. The van der Waals surface area contributed by atoms with E-state index in [2.05, 4.69) is 27.8 Å². The van der Waals surface area contributed by atoms with E-state index in [1.54, 1.807) is 19.1 Å². The number of benzene rings is 1. The number of halogens is 1. The minimum Gasteiger partial charge on any atom is -0.497 e. The Hall–Kier alpha value is -1.49. The van der Waals surface area contributed by atoms with Crippen molar-refractivity contribution in [2.24, 2.45) is 0 Å². The van der Waals surface area contributed by atoms with Gasteiger partial charge in [-0.05, 0) is 24.6 Å². The van der Waals surface area contributed by atoms with Gasteiger partial charge in [-0.25, -0.2) is 4.79 Å². The van der Waals surface area contributed by atoms with E-state index in [0.29, 0.717) is 6.54 Å². The number of hydrogen-bond acceptors (Lipinski definition) is 2. The van der Waals surface area contributed by atoms with Crippen molar-refractivity contribution >= 4 is 22.0 Å². The van der Waals surface area contributed by atoms with Crippen LogP contribution in [-0.2, 0) is 0 Å². The van der Waals surface area contributed by atoms with Crippen molar-refractivity contribution in [3.8, 4) is 5.75 Å². The minimum absolute atomic E-state index is 0.0190. The molecule has 0 saturated carbocycles. The van der Waals surface area contributed by atoms with Gasteiger partial charge in [-0.15, -0.1) is 0 Å². The molecular formula is C14H19BrN2O2. The Kier molecular flexibility index (Phi) is 5.89. The largest absolute Gasteiger partial charge is 0.497 e. The molecule has 5 heteroatoms. The van der Waals surface area contributed by atoms with E-state index >= 15 is 0 Å². The van der Waals surface area contributed by atoms with E-state index in [9.17, 15) is 4.79 Å². The summed E-state index contributed by atoms with van der Waals surface area (Å²) in [5.74, 6) is 0.804. The van der Waals surface area contributed by atoms with E-state index in [4.69, 9.17) is 4.74 Å². The molecule has 0 bridgehead atoms. The Bertz CT molecular complexity index is 445. The van der Waals surface area contributed by atoms with Gasteiger partial charge in [-0.2, -0.15) is 0 Å². The summed E-state index contributed by atoms with van der Waals surface area (Å²) in [6.07, 6.45) is 0. The molecule has 0 radical (unpaired) electrons. The Morgan fingerprint density at radius 2 is 2.05 bits per heavy atom. The van der Waals surface area contributed by atoms with Crippen LogP contribution in [0.1, 0.15) is 18.5 Å². The van der Waals surface area contributed by atoms with Crippen LogP contribution in [0.4, 0.5) is 4.79 Å². The molecule has 0 aliphatic carbocycles.